The second-order valence-electron chi connectivity index (χ2n) is 4.51. The third kappa shape index (κ3) is 3.76. The topological polar surface area (TPSA) is 50.4 Å². The number of amides is 2. The number of nitrogens with one attached hydrogen (secondary N) is 2. The highest BCUT2D eigenvalue weighted by Crippen LogP contribution is 2.38. The Bertz CT molecular complexity index is 292. The van der Waals surface area contributed by atoms with Crippen LogP contribution in [0.3, 0.4) is 0 Å². The van der Waals surface area contributed by atoms with E-state index in [9.17, 15) is 18.0 Å². The van der Waals surface area contributed by atoms with Gasteiger partial charge < -0.3 is 15.4 Å². The van der Waals surface area contributed by atoms with Crippen LogP contribution in [0.15, 0.2) is 0 Å². The fourth-order valence-electron chi connectivity index (χ4n) is 2.06. The lowest BCUT2D eigenvalue weighted by molar-refractivity contribution is -0.122. The van der Waals surface area contributed by atoms with Gasteiger partial charge in [-0.2, -0.15) is 13.2 Å². The van der Waals surface area contributed by atoms with Crippen LogP contribution >= 0.6 is 0 Å². The second kappa shape index (κ2) is 4.72. The van der Waals surface area contributed by atoms with Crippen LogP contribution in [0.1, 0.15) is 19.3 Å². The molecule has 4 nitrogen and oxygen atoms in total. The molecule has 1 aliphatic heterocycles. The molecular weight excluding hydrogens is 237 g/mol. The number of hydrogen-bond donors (Lipinski definition) is 2. The Morgan fingerprint density at radius 1 is 1.29 bits per heavy atom. The van der Waals surface area contributed by atoms with E-state index in [2.05, 4.69) is 5.32 Å². The number of alkyl halides is 3. The first-order valence-electron chi connectivity index (χ1n) is 5.68. The molecule has 2 unspecified atom stereocenters. The van der Waals surface area contributed by atoms with Gasteiger partial charge in [-0.15, -0.1) is 0 Å². The van der Waals surface area contributed by atoms with Gasteiger partial charge in [0.15, 0.2) is 0 Å². The smallest absolute Gasteiger partial charge is 0.376 e. The summed E-state index contributed by atoms with van der Waals surface area (Å²) in [4.78, 5) is 11.3. The predicted octanol–water partition coefficient (Wildman–Crippen LogP) is 1.42. The fraction of sp³-hybridized carbons (Fsp3) is 0.900. The SMILES string of the molecule is O=C(NCC(F)(F)F)NC1CCOC1C1CC1. The largest absolute Gasteiger partial charge is 0.405 e. The van der Waals surface area contributed by atoms with Gasteiger partial charge in [0.1, 0.15) is 6.54 Å². The number of rotatable bonds is 3. The summed E-state index contributed by atoms with van der Waals surface area (Å²) in [7, 11) is 0. The van der Waals surface area contributed by atoms with Crippen LogP contribution in [0.25, 0.3) is 0 Å². The molecule has 1 saturated carbocycles. The lowest BCUT2D eigenvalue weighted by Gasteiger charge is -2.20. The first-order chi connectivity index (χ1) is 7.96. The third-order valence-electron chi connectivity index (χ3n) is 2.99. The van der Waals surface area contributed by atoms with Crippen molar-refractivity contribution < 1.29 is 22.7 Å². The van der Waals surface area contributed by atoms with Gasteiger partial charge in [0.05, 0.1) is 12.1 Å². The Labute approximate surface area is 96.9 Å². The molecule has 0 aromatic heterocycles. The quantitative estimate of drug-likeness (QED) is 0.798. The van der Waals surface area contributed by atoms with Gasteiger partial charge in [0, 0.05) is 6.61 Å². The van der Waals surface area contributed by atoms with Crippen molar-refractivity contribution in [2.45, 2.75) is 37.6 Å². The molecule has 1 aliphatic carbocycles. The van der Waals surface area contributed by atoms with Gasteiger partial charge in [-0.1, -0.05) is 0 Å². The van der Waals surface area contributed by atoms with E-state index >= 15 is 0 Å². The molecule has 0 radical (unpaired) electrons. The van der Waals surface area contributed by atoms with E-state index in [-0.39, 0.29) is 12.1 Å². The average molecular weight is 252 g/mol. The van der Waals surface area contributed by atoms with Crippen molar-refractivity contribution in [3.05, 3.63) is 0 Å². The molecule has 0 spiro atoms. The summed E-state index contributed by atoms with van der Waals surface area (Å²) >= 11 is 0. The molecule has 1 saturated heterocycles. The summed E-state index contributed by atoms with van der Waals surface area (Å²) in [6, 6.07) is -0.931. The van der Waals surface area contributed by atoms with E-state index in [0.29, 0.717) is 18.9 Å². The van der Waals surface area contributed by atoms with Crippen LogP contribution in [-0.4, -0.2) is 37.5 Å². The molecule has 2 atom stereocenters. The van der Waals surface area contributed by atoms with Gasteiger partial charge in [0.2, 0.25) is 0 Å². The van der Waals surface area contributed by atoms with Crippen molar-refractivity contribution in [3.63, 3.8) is 0 Å². The van der Waals surface area contributed by atoms with Crippen molar-refractivity contribution in [2.75, 3.05) is 13.2 Å². The lowest BCUT2D eigenvalue weighted by atomic mass is 10.1. The molecule has 2 fully saturated rings. The zero-order valence-electron chi connectivity index (χ0n) is 9.22. The minimum atomic E-state index is -4.38. The van der Waals surface area contributed by atoms with Crippen LogP contribution in [0.2, 0.25) is 0 Å². The maximum absolute atomic E-state index is 11.9. The number of carbonyl (C=O) groups is 1. The lowest BCUT2D eigenvalue weighted by Crippen LogP contribution is -2.48. The maximum atomic E-state index is 11.9. The van der Waals surface area contributed by atoms with Crippen molar-refractivity contribution in [1.82, 2.24) is 10.6 Å². The maximum Gasteiger partial charge on any atom is 0.405 e. The van der Waals surface area contributed by atoms with Gasteiger partial charge in [-0.05, 0) is 25.2 Å². The van der Waals surface area contributed by atoms with E-state index in [1.54, 1.807) is 5.32 Å². The van der Waals surface area contributed by atoms with Crippen LogP contribution in [-0.2, 0) is 4.74 Å². The Hall–Kier alpha value is -0.980. The van der Waals surface area contributed by atoms with Crippen molar-refractivity contribution >= 4 is 6.03 Å². The van der Waals surface area contributed by atoms with Crippen molar-refractivity contribution in [1.29, 1.82) is 0 Å². The molecule has 0 bridgehead atoms. The number of halogens is 3. The fourth-order valence-corrected chi connectivity index (χ4v) is 2.06. The molecule has 98 valence electrons. The Kier molecular flexibility index (Phi) is 3.46. The Balaban J connectivity index is 1.74. The van der Waals surface area contributed by atoms with Gasteiger partial charge in [-0.25, -0.2) is 4.79 Å². The summed E-state index contributed by atoms with van der Waals surface area (Å²) in [6.07, 6.45) is -1.58. The highest BCUT2D eigenvalue weighted by molar-refractivity contribution is 5.74. The van der Waals surface area contributed by atoms with E-state index in [4.69, 9.17) is 4.74 Å². The first-order valence-corrected chi connectivity index (χ1v) is 5.68. The minimum Gasteiger partial charge on any atom is -0.376 e. The average Bonchev–Trinajstić information content (AvgIpc) is 2.97. The molecule has 2 aliphatic rings. The third-order valence-corrected chi connectivity index (χ3v) is 2.99. The molecule has 7 heteroatoms. The molecule has 2 N–H and O–H groups in total. The summed E-state index contributed by atoms with van der Waals surface area (Å²) in [5.74, 6) is 0.463. The van der Waals surface area contributed by atoms with Gasteiger partial charge in [0.25, 0.3) is 0 Å². The number of carbonyl (C=O) groups excluding carboxylic acids is 1. The predicted molar refractivity (Wildman–Crippen MR) is 53.5 cm³/mol. The van der Waals surface area contributed by atoms with Crippen LogP contribution < -0.4 is 10.6 Å². The number of hydrogen-bond acceptors (Lipinski definition) is 2. The molecule has 0 aromatic rings. The molecule has 17 heavy (non-hydrogen) atoms. The van der Waals surface area contributed by atoms with Crippen molar-refractivity contribution in [3.8, 4) is 0 Å². The summed E-state index contributed by atoms with van der Waals surface area (Å²) in [5, 5.41) is 4.35. The molecule has 0 aromatic carbocycles. The zero-order chi connectivity index (χ0) is 12.5. The summed E-state index contributed by atoms with van der Waals surface area (Å²) in [6.45, 7) is -0.744. The van der Waals surface area contributed by atoms with Gasteiger partial charge >= 0.3 is 12.2 Å². The minimum absolute atomic E-state index is 0.0216. The molecule has 2 rings (SSSR count). The monoisotopic (exact) mass is 252 g/mol. The van der Waals surface area contributed by atoms with Gasteiger partial charge in [-0.3, -0.25) is 0 Å². The standard InChI is InChI=1S/C10H15F3N2O2/c11-10(12,13)5-14-9(16)15-7-3-4-17-8(7)6-1-2-6/h6-8H,1-5H2,(H2,14,15,16). The highest BCUT2D eigenvalue weighted by Gasteiger charge is 2.41. The Morgan fingerprint density at radius 3 is 2.59 bits per heavy atom. The number of urea groups is 1. The van der Waals surface area contributed by atoms with Crippen LogP contribution in [0.5, 0.6) is 0 Å². The molecule has 2 amide bonds. The summed E-state index contributed by atoms with van der Waals surface area (Å²) < 4.78 is 41.1. The summed E-state index contributed by atoms with van der Waals surface area (Å²) in [5.41, 5.74) is 0. The van der Waals surface area contributed by atoms with Crippen LogP contribution in [0, 0.1) is 5.92 Å². The van der Waals surface area contributed by atoms with E-state index in [1.807, 2.05) is 0 Å². The molecule has 1 heterocycles. The van der Waals surface area contributed by atoms with E-state index in [1.165, 1.54) is 0 Å². The van der Waals surface area contributed by atoms with Crippen molar-refractivity contribution in [2.24, 2.45) is 5.92 Å². The first kappa shape index (κ1) is 12.5. The Morgan fingerprint density at radius 2 is 2.00 bits per heavy atom. The highest BCUT2D eigenvalue weighted by atomic mass is 19.4. The second-order valence-corrected chi connectivity index (χ2v) is 4.51. The molecular formula is C10H15F3N2O2. The van der Waals surface area contributed by atoms with Crippen LogP contribution in [0.4, 0.5) is 18.0 Å². The number of ether oxygens (including phenoxy) is 1. The normalized spacial score (nSPS) is 29.1. The van der Waals surface area contributed by atoms with E-state index in [0.717, 1.165) is 12.8 Å². The van der Waals surface area contributed by atoms with E-state index < -0.39 is 18.8 Å². The zero-order valence-corrected chi connectivity index (χ0v) is 9.22.